The first-order chi connectivity index (χ1) is 44.7. The highest BCUT2D eigenvalue weighted by atomic mass is 35.5. The Hall–Kier alpha value is -9.56. The van der Waals surface area contributed by atoms with E-state index in [0.29, 0.717) is 40.9 Å². The zero-order valence-electron chi connectivity index (χ0n) is 51.2. The van der Waals surface area contributed by atoms with E-state index in [-0.39, 0.29) is 39.7 Å². The fourth-order valence-corrected chi connectivity index (χ4v) is 9.92. The third-order valence-corrected chi connectivity index (χ3v) is 14.5. The average Bonchev–Trinajstić information content (AvgIpc) is 1.58. The number of terminal acetylenes is 1. The van der Waals surface area contributed by atoms with Gasteiger partial charge in [-0.05, 0) is 73.8 Å². The van der Waals surface area contributed by atoms with Crippen LogP contribution in [0.2, 0.25) is 5.02 Å². The standard InChI is InChI=1S/C18H15ClFNO3.C15H18N6O6S.C14H10F4N4O7S.C3H8NO5P.C3H9S/c1-3-10(2)24-16-9-15(14(20)8-13(16)19)21-17(22)11-6-4-5-7-12(11)18(21)23;1-21(2)13(22)9-6-5-7-16-12(9)28(24,25)20-15(23)19-14-17-10(26-3)8-11(18-14)27-4;15-11(16)28-8-5-9(29-12(17)18)20-13(19-8)21-14(25)22-30(26,27)7-4-2-1-3-6(7)10(23)24;5-3(6)1-4-2-10(7,8)9;1-4(2)3/h1,8-10H,4-7H2,2H3;5-8H,1-4H3,(H2,17,18,19,20,23);1-5,11-12H,(H,23,24)(H2,19,20,21,22,25);4H,1-2H2,(H,5,6)(H2,7,8,9);1-3H3/q;;;;+1/p-1. The number of aromatic nitrogens is 5. The number of carbonyl (C=O) groups excluding carboxylic acids is 5. The van der Waals surface area contributed by atoms with Crippen LogP contribution in [0.25, 0.3) is 0 Å². The molecule has 2 unspecified atom stereocenters. The number of carboxylic acid groups (broad SMARTS) is 2. The number of urea groups is 2. The molecule has 0 fully saturated rings. The molecule has 0 spiro atoms. The van der Waals surface area contributed by atoms with Gasteiger partial charge in [0, 0.05) is 37.5 Å². The third-order valence-electron chi connectivity index (χ3n) is 10.9. The van der Waals surface area contributed by atoms with Gasteiger partial charge in [0.25, 0.3) is 37.8 Å². The van der Waals surface area contributed by atoms with E-state index in [0.717, 1.165) is 35.9 Å². The van der Waals surface area contributed by atoms with E-state index in [9.17, 15) is 81.8 Å². The van der Waals surface area contributed by atoms with Crippen LogP contribution in [0.15, 0.2) is 87.9 Å². The molecule has 0 saturated carbocycles. The van der Waals surface area contributed by atoms with Crippen LogP contribution in [0, 0.1) is 18.2 Å². The number of alkyl halides is 4. The van der Waals surface area contributed by atoms with E-state index >= 15 is 0 Å². The van der Waals surface area contributed by atoms with Crippen LogP contribution in [0.1, 0.15) is 53.3 Å². The lowest BCUT2D eigenvalue weighted by Crippen LogP contribution is -2.36. The van der Waals surface area contributed by atoms with E-state index < -0.39 is 141 Å². The van der Waals surface area contributed by atoms with Crippen molar-refractivity contribution in [3.63, 3.8) is 0 Å². The lowest BCUT2D eigenvalue weighted by atomic mass is 9.93. The summed E-state index contributed by atoms with van der Waals surface area (Å²) in [6.45, 7) is -5.67. The second-order valence-corrected chi connectivity index (χ2v) is 26.7. The minimum Gasteiger partial charge on any atom is -0.778 e. The fourth-order valence-electron chi connectivity index (χ4n) is 7.19. The molecule has 522 valence electrons. The smallest absolute Gasteiger partial charge is 0.388 e. The summed E-state index contributed by atoms with van der Waals surface area (Å²) in [5, 5.41) is 22.3. The quantitative estimate of drug-likeness (QED) is 0.0167. The molecule has 7 rings (SSSR count). The molecule has 96 heavy (non-hydrogen) atoms. The minimum absolute atomic E-state index is 0.0233. The molecule has 43 heteroatoms. The molecule has 0 saturated heterocycles. The Morgan fingerprint density at radius 2 is 1.25 bits per heavy atom. The van der Waals surface area contributed by atoms with Gasteiger partial charge < -0.3 is 53.1 Å². The molecule has 5 aromatic rings. The van der Waals surface area contributed by atoms with E-state index in [1.165, 1.54) is 80.5 Å². The molecule has 2 atom stereocenters. The van der Waals surface area contributed by atoms with Crippen molar-refractivity contribution < 1.29 is 121 Å². The summed E-state index contributed by atoms with van der Waals surface area (Å²) in [6.07, 6.45) is 14.5. The predicted molar refractivity (Wildman–Crippen MR) is 329 cm³/mol. The van der Waals surface area contributed by atoms with Gasteiger partial charge in [0.2, 0.25) is 35.4 Å². The van der Waals surface area contributed by atoms with Crippen LogP contribution >= 0.6 is 19.2 Å². The highest BCUT2D eigenvalue weighted by Gasteiger charge is 2.41. The van der Waals surface area contributed by atoms with Crippen LogP contribution in [-0.4, -0.2) is 183 Å². The number of halogens is 6. The molecule has 8 N–H and O–H groups in total. The highest BCUT2D eigenvalue weighted by molar-refractivity contribution is 7.94. The van der Waals surface area contributed by atoms with Crippen LogP contribution in [-0.2, 0) is 49.9 Å². The molecule has 2 aliphatic rings. The van der Waals surface area contributed by atoms with Crippen LogP contribution in [0.3, 0.4) is 0 Å². The number of ether oxygens (including phenoxy) is 5. The van der Waals surface area contributed by atoms with Crippen molar-refractivity contribution in [1.82, 2.24) is 44.6 Å². The van der Waals surface area contributed by atoms with Gasteiger partial charge >= 0.3 is 37.2 Å². The molecular weight excluding hydrogens is 1400 g/mol. The fraction of sp³-hybridized carbons (Fsp3) is 0.321. The van der Waals surface area contributed by atoms with E-state index in [1.54, 1.807) is 17.0 Å². The first-order valence-electron chi connectivity index (χ1n) is 26.3. The number of sulfonamides is 2. The SMILES string of the molecule is C#CC(C)Oc1cc(N2C(=O)C3=C(CCCC3)C2=O)c(F)cc1Cl.COc1cc(OC)nc(NC(=O)NS(=O)(=O)c2ncccc2C(=O)N(C)C)n1.C[S+](C)C.O=C(Nc1nc(OC(F)F)cc(OC(F)F)n1)NS(=O)(=O)c1ccccc1C(=O)O.O=C(O)CNCP(=O)([O-])O. The number of amides is 7. The lowest BCUT2D eigenvalue weighted by molar-refractivity contribution is -0.193. The number of methoxy groups -OCH3 is 2. The van der Waals surface area contributed by atoms with Gasteiger partial charge in [0.05, 0.1) is 79.8 Å². The van der Waals surface area contributed by atoms with Gasteiger partial charge in [0.1, 0.15) is 24.1 Å². The van der Waals surface area contributed by atoms with Crippen molar-refractivity contribution in [3.8, 4) is 41.6 Å². The Morgan fingerprint density at radius 3 is 1.70 bits per heavy atom. The second kappa shape index (κ2) is 36.9. The maximum absolute atomic E-state index is 14.4. The van der Waals surface area contributed by atoms with Crippen LogP contribution in [0.5, 0.6) is 29.3 Å². The molecule has 1 aliphatic heterocycles. The number of benzene rings is 2. The number of pyridine rings is 1. The molecule has 2 aromatic carbocycles. The summed E-state index contributed by atoms with van der Waals surface area (Å²) in [5.41, 5.74) is -0.0238. The number of nitrogens with zero attached hydrogens (tertiary/aromatic N) is 7. The van der Waals surface area contributed by atoms with Gasteiger partial charge in [0.15, 0.2) is 11.1 Å². The van der Waals surface area contributed by atoms with Crippen LogP contribution in [0.4, 0.5) is 49.1 Å². The van der Waals surface area contributed by atoms with E-state index in [1.807, 2.05) is 5.32 Å². The number of hydrogen-bond acceptors (Lipinski definition) is 24. The molecule has 0 bridgehead atoms. The third kappa shape index (κ3) is 26.0. The van der Waals surface area contributed by atoms with Crippen molar-refractivity contribution in [2.75, 3.05) is 75.4 Å². The minimum atomic E-state index is -4.71. The Morgan fingerprint density at radius 1 is 0.781 bits per heavy atom. The Bertz CT molecular complexity index is 3940. The number of carbonyl (C=O) groups is 7. The predicted octanol–water partition coefficient (Wildman–Crippen LogP) is 4.27. The number of aliphatic carboxylic acids is 1. The molecule has 3 aromatic heterocycles. The topological polar surface area (TPSA) is 466 Å². The summed E-state index contributed by atoms with van der Waals surface area (Å²) >= 11 is 5.97. The molecule has 1 aliphatic carbocycles. The maximum atomic E-state index is 14.4. The number of hydrogen-bond donors (Lipinski definition) is 8. The number of nitrogens with one attached hydrogen (secondary N) is 5. The van der Waals surface area contributed by atoms with Crippen molar-refractivity contribution in [1.29, 1.82) is 0 Å². The highest BCUT2D eigenvalue weighted by Crippen LogP contribution is 2.40. The first-order valence-corrected chi connectivity index (χ1v) is 33.9. The van der Waals surface area contributed by atoms with Crippen molar-refractivity contribution in [2.24, 2.45) is 0 Å². The number of carboxylic acids is 2. The number of rotatable bonds is 21. The number of imide groups is 1. The summed E-state index contributed by atoms with van der Waals surface area (Å²) in [6, 6.07) is 8.40. The molecule has 0 radical (unpaired) electrons. The second-order valence-electron chi connectivity index (χ2n) is 19.0. The largest absolute Gasteiger partial charge is 0.778 e. The van der Waals surface area contributed by atoms with E-state index in [4.69, 9.17) is 47.3 Å². The maximum Gasteiger partial charge on any atom is 0.388 e. The van der Waals surface area contributed by atoms with Gasteiger partial charge in [-0.2, -0.15) is 45.9 Å². The molecule has 33 nitrogen and oxygen atoms in total. The van der Waals surface area contributed by atoms with Crippen molar-refractivity contribution >= 4 is 109 Å². The Balaban J connectivity index is 0.000000342. The normalized spacial score (nSPS) is 13.3. The van der Waals surface area contributed by atoms with Crippen LogP contribution < -0.4 is 58.9 Å². The van der Waals surface area contributed by atoms with Gasteiger partial charge in [-0.15, -0.1) is 6.42 Å². The summed E-state index contributed by atoms with van der Waals surface area (Å²) < 4.78 is 150. The zero-order valence-corrected chi connectivity index (χ0v) is 55.3. The summed E-state index contributed by atoms with van der Waals surface area (Å²) in [5.74, 6) is -5.48. The van der Waals surface area contributed by atoms with Gasteiger partial charge in [-0.3, -0.25) is 35.1 Å². The molecular formula is C53H59ClF5N12O21PS3. The van der Waals surface area contributed by atoms with Gasteiger partial charge in [-0.25, -0.2) is 46.5 Å². The first kappa shape index (κ1) is 80.7. The molecule has 7 amide bonds. The van der Waals surface area contributed by atoms with Crippen molar-refractivity contribution in [3.05, 3.63) is 100.0 Å². The Kier molecular flexibility index (Phi) is 31.0. The summed E-state index contributed by atoms with van der Waals surface area (Å²) in [7, 11) is -7.27. The molecule has 4 heterocycles. The van der Waals surface area contributed by atoms with Gasteiger partial charge in [-0.1, -0.05) is 29.7 Å². The number of anilines is 3. The zero-order chi connectivity index (χ0) is 72.6. The lowest BCUT2D eigenvalue weighted by Gasteiger charge is -2.19. The summed E-state index contributed by atoms with van der Waals surface area (Å²) in [4.78, 5) is 120. The Labute approximate surface area is 551 Å². The van der Waals surface area contributed by atoms with Crippen molar-refractivity contribution in [2.45, 2.75) is 61.9 Å². The number of aromatic carboxylic acids is 1. The monoisotopic (exact) mass is 1460 g/mol. The average molecular weight is 1460 g/mol. The van der Waals surface area contributed by atoms with E-state index in [2.05, 4.69) is 64.4 Å².